The fourth-order valence-electron chi connectivity index (χ4n) is 6.58. The molecule has 222 valence electrons. The predicted molar refractivity (Wildman–Crippen MR) is 162 cm³/mol. The first-order valence-electron chi connectivity index (χ1n) is 15.4. The van der Waals surface area contributed by atoms with E-state index in [4.69, 9.17) is 16.3 Å². The molecule has 2 amide bonds. The molecule has 0 spiro atoms. The van der Waals surface area contributed by atoms with Gasteiger partial charge in [0.2, 0.25) is 6.41 Å². The highest BCUT2D eigenvalue weighted by molar-refractivity contribution is 6.30. The Morgan fingerprint density at radius 2 is 1.51 bits per heavy atom. The number of hydrogen-bond donors (Lipinski definition) is 1. The smallest absolute Gasteiger partial charge is 0.410 e. The zero-order valence-electron chi connectivity index (χ0n) is 25.2. The average molecular weight is 564 g/mol. The van der Waals surface area contributed by atoms with E-state index in [0.717, 1.165) is 49.8 Å². The van der Waals surface area contributed by atoms with Crippen LogP contribution in [0.4, 0.5) is 4.79 Å². The van der Waals surface area contributed by atoms with Crippen molar-refractivity contribution in [2.75, 3.05) is 40.3 Å². The van der Waals surface area contributed by atoms with Crippen LogP contribution in [0.15, 0.2) is 24.3 Å². The quantitative estimate of drug-likeness (QED) is 0.377. The van der Waals surface area contributed by atoms with Crippen molar-refractivity contribution in [1.29, 1.82) is 0 Å². The summed E-state index contributed by atoms with van der Waals surface area (Å²) >= 11 is 5.82. The fourth-order valence-corrected chi connectivity index (χ4v) is 6.71. The molecule has 1 unspecified atom stereocenters. The van der Waals surface area contributed by atoms with Crippen molar-refractivity contribution in [1.82, 2.24) is 15.1 Å². The lowest BCUT2D eigenvalue weighted by atomic mass is 9.63. The van der Waals surface area contributed by atoms with Crippen LogP contribution in [-0.2, 0) is 9.53 Å². The van der Waals surface area contributed by atoms with Gasteiger partial charge in [-0.2, -0.15) is 0 Å². The Labute approximate surface area is 243 Å². The van der Waals surface area contributed by atoms with Gasteiger partial charge in [-0.1, -0.05) is 69.7 Å². The molecule has 2 aliphatic heterocycles. The SMILES string of the molecule is CC.CC1COC(=O)N1CC1(C2CCCCC2)CCN(C=O)CC1.CNC.Clc1ccc(C2CCCC2)cc1. The maximum Gasteiger partial charge on any atom is 0.410 e. The van der Waals surface area contributed by atoms with Crippen molar-refractivity contribution in [2.45, 2.75) is 103 Å². The van der Waals surface area contributed by atoms with Gasteiger partial charge in [-0.3, -0.25) is 4.79 Å². The molecule has 6 nitrogen and oxygen atoms in total. The summed E-state index contributed by atoms with van der Waals surface area (Å²) in [7, 11) is 3.75. The number of nitrogens with zero attached hydrogens (tertiary/aromatic N) is 2. The number of rotatable bonds is 5. The Kier molecular flexibility index (Phi) is 15.3. The van der Waals surface area contributed by atoms with E-state index >= 15 is 0 Å². The number of carbonyl (C=O) groups excluding carboxylic acids is 2. The van der Waals surface area contributed by atoms with Crippen LogP contribution in [0.1, 0.15) is 103 Å². The topological polar surface area (TPSA) is 61.9 Å². The first-order valence-corrected chi connectivity index (χ1v) is 15.8. The molecule has 4 fully saturated rings. The molecule has 4 aliphatic rings. The summed E-state index contributed by atoms with van der Waals surface area (Å²) in [4.78, 5) is 26.9. The monoisotopic (exact) mass is 563 g/mol. The van der Waals surface area contributed by atoms with Crippen molar-refractivity contribution < 1.29 is 14.3 Å². The molecule has 5 rings (SSSR count). The molecule has 1 aromatic carbocycles. The standard InChI is InChI=1S/C17H28N2O3.C11H13Cl.C2H7N.C2H6/c1-14-11-22-16(21)19(14)12-17(15-5-3-2-4-6-15)7-9-18(13-20)10-8-17;12-11-7-5-10(6-8-11)9-3-1-2-4-9;1-3-2;1-2/h13-15H,2-12H2,1H3;5-9H,1-4H2;3H,1-2H3;1-2H3. The third kappa shape index (κ3) is 9.97. The molecule has 0 aromatic heterocycles. The highest BCUT2D eigenvalue weighted by atomic mass is 35.5. The molecule has 0 radical (unpaired) electrons. The van der Waals surface area contributed by atoms with Gasteiger partial charge in [-0.05, 0) is 94.5 Å². The minimum Gasteiger partial charge on any atom is -0.447 e. The summed E-state index contributed by atoms with van der Waals surface area (Å²) < 4.78 is 5.21. The Hall–Kier alpha value is -1.79. The van der Waals surface area contributed by atoms with E-state index in [-0.39, 0.29) is 17.6 Å². The molecule has 1 aromatic rings. The summed E-state index contributed by atoms with van der Waals surface area (Å²) in [6, 6.07) is 8.50. The van der Waals surface area contributed by atoms with E-state index in [1.807, 2.05) is 49.9 Å². The van der Waals surface area contributed by atoms with Crippen LogP contribution in [0.2, 0.25) is 5.02 Å². The van der Waals surface area contributed by atoms with Gasteiger partial charge in [0.25, 0.3) is 0 Å². The van der Waals surface area contributed by atoms with Gasteiger partial charge in [0.1, 0.15) is 6.61 Å². The van der Waals surface area contributed by atoms with Crippen molar-refractivity contribution in [2.24, 2.45) is 11.3 Å². The Balaban J connectivity index is 0.000000263. The first-order chi connectivity index (χ1) is 18.9. The van der Waals surface area contributed by atoms with E-state index in [1.165, 1.54) is 63.4 Å². The molecule has 1 N–H and O–H groups in total. The van der Waals surface area contributed by atoms with Crippen LogP contribution in [-0.4, -0.2) is 68.7 Å². The number of benzene rings is 1. The van der Waals surface area contributed by atoms with Crippen molar-refractivity contribution >= 4 is 24.1 Å². The van der Waals surface area contributed by atoms with Gasteiger partial charge in [0.15, 0.2) is 0 Å². The van der Waals surface area contributed by atoms with Gasteiger partial charge < -0.3 is 19.9 Å². The van der Waals surface area contributed by atoms with Crippen LogP contribution in [0, 0.1) is 11.3 Å². The highest BCUT2D eigenvalue weighted by Gasteiger charge is 2.45. The number of amides is 2. The molecular weight excluding hydrogens is 510 g/mol. The summed E-state index contributed by atoms with van der Waals surface area (Å²) in [5.74, 6) is 1.50. The highest BCUT2D eigenvalue weighted by Crippen LogP contribution is 2.47. The Morgan fingerprint density at radius 1 is 0.974 bits per heavy atom. The normalized spacial score (nSPS) is 22.9. The molecule has 39 heavy (non-hydrogen) atoms. The molecular formula is C32H54ClN3O3. The molecule has 2 saturated carbocycles. The maximum absolute atomic E-state index is 12.0. The number of nitrogens with one attached hydrogen (secondary N) is 1. The molecule has 7 heteroatoms. The van der Waals surface area contributed by atoms with Gasteiger partial charge in [0, 0.05) is 24.7 Å². The summed E-state index contributed by atoms with van der Waals surface area (Å²) in [6.07, 6.45) is 14.9. The molecule has 0 bridgehead atoms. The number of carbonyl (C=O) groups is 2. The second kappa shape index (κ2) is 17.8. The molecule has 2 saturated heterocycles. The fraction of sp³-hybridized carbons (Fsp3) is 0.750. The van der Waals surface area contributed by atoms with E-state index in [1.54, 1.807) is 0 Å². The number of piperidine rings is 1. The largest absolute Gasteiger partial charge is 0.447 e. The second-order valence-electron chi connectivity index (χ2n) is 11.4. The summed E-state index contributed by atoms with van der Waals surface area (Å²) in [6.45, 7) is 9.05. The third-order valence-electron chi connectivity index (χ3n) is 8.81. The zero-order valence-corrected chi connectivity index (χ0v) is 26.0. The lowest BCUT2D eigenvalue weighted by molar-refractivity contribution is -0.121. The minimum atomic E-state index is -0.152. The van der Waals surface area contributed by atoms with Crippen molar-refractivity contribution in [3.05, 3.63) is 34.9 Å². The van der Waals surface area contributed by atoms with Gasteiger partial charge in [0.05, 0.1) is 6.04 Å². The van der Waals surface area contributed by atoms with E-state index < -0.39 is 0 Å². The molecule has 2 heterocycles. The zero-order chi connectivity index (χ0) is 28.7. The van der Waals surface area contributed by atoms with Crippen LogP contribution in [0.5, 0.6) is 0 Å². The van der Waals surface area contributed by atoms with E-state index in [2.05, 4.69) is 24.4 Å². The summed E-state index contributed by atoms with van der Waals surface area (Å²) in [5, 5.41) is 3.59. The van der Waals surface area contributed by atoms with Gasteiger partial charge in [-0.15, -0.1) is 0 Å². The Morgan fingerprint density at radius 3 is 2.00 bits per heavy atom. The number of halogens is 1. The number of hydrogen-bond acceptors (Lipinski definition) is 4. The van der Waals surface area contributed by atoms with Crippen LogP contribution >= 0.6 is 11.6 Å². The molecule has 1 atom stereocenters. The second-order valence-corrected chi connectivity index (χ2v) is 11.9. The predicted octanol–water partition coefficient (Wildman–Crippen LogP) is 7.51. The first kappa shape index (κ1) is 33.4. The van der Waals surface area contributed by atoms with Gasteiger partial charge in [-0.25, -0.2) is 4.79 Å². The van der Waals surface area contributed by atoms with Crippen LogP contribution in [0.25, 0.3) is 0 Å². The molecule has 2 aliphatic carbocycles. The minimum absolute atomic E-state index is 0.152. The average Bonchev–Trinajstić information content (AvgIpc) is 3.63. The number of likely N-dealkylation sites (tertiary alicyclic amines) is 1. The number of ether oxygens (including phenoxy) is 1. The maximum atomic E-state index is 12.0. The Bertz CT molecular complexity index is 814. The van der Waals surface area contributed by atoms with E-state index in [0.29, 0.717) is 12.5 Å². The summed E-state index contributed by atoms with van der Waals surface area (Å²) in [5.41, 5.74) is 1.65. The van der Waals surface area contributed by atoms with Crippen LogP contribution < -0.4 is 5.32 Å². The van der Waals surface area contributed by atoms with Crippen LogP contribution in [0.3, 0.4) is 0 Å². The van der Waals surface area contributed by atoms with Crippen molar-refractivity contribution in [3.63, 3.8) is 0 Å². The van der Waals surface area contributed by atoms with Gasteiger partial charge >= 0.3 is 6.09 Å². The lowest BCUT2D eigenvalue weighted by Crippen LogP contribution is -2.51. The third-order valence-corrected chi connectivity index (χ3v) is 9.06. The lowest BCUT2D eigenvalue weighted by Gasteiger charge is -2.49. The van der Waals surface area contributed by atoms with Crippen molar-refractivity contribution in [3.8, 4) is 0 Å². The number of cyclic esters (lactones) is 1. The van der Waals surface area contributed by atoms with E-state index in [9.17, 15) is 9.59 Å².